The largest absolute Gasteiger partial charge is 0.367 e. The van der Waals surface area contributed by atoms with Crippen molar-refractivity contribution in [2.75, 3.05) is 49.1 Å². The Balaban J connectivity index is 1.19. The van der Waals surface area contributed by atoms with Crippen LogP contribution in [-0.4, -0.2) is 55.1 Å². The molecule has 5 rings (SSSR count). The monoisotopic (exact) mass is 422 g/mol. The smallest absolute Gasteiger partial charge is 0.223 e. The molecule has 0 saturated carbocycles. The van der Waals surface area contributed by atoms with Gasteiger partial charge in [-0.3, -0.25) is 9.69 Å². The van der Waals surface area contributed by atoms with Crippen LogP contribution in [0.5, 0.6) is 0 Å². The fourth-order valence-electron chi connectivity index (χ4n) is 4.94. The average Bonchev–Trinajstić information content (AvgIpc) is 3.34. The molecule has 1 saturated heterocycles. The van der Waals surface area contributed by atoms with E-state index in [1.807, 2.05) is 23.1 Å². The molecule has 0 aliphatic carbocycles. The molecule has 30 heavy (non-hydrogen) atoms. The van der Waals surface area contributed by atoms with Gasteiger partial charge >= 0.3 is 0 Å². The van der Waals surface area contributed by atoms with Gasteiger partial charge in [0.25, 0.3) is 0 Å². The van der Waals surface area contributed by atoms with Crippen LogP contribution in [0.15, 0.2) is 48.7 Å². The van der Waals surface area contributed by atoms with Gasteiger partial charge in [0.2, 0.25) is 5.91 Å². The number of halogens is 1. The van der Waals surface area contributed by atoms with Crippen molar-refractivity contribution in [3.8, 4) is 0 Å². The van der Waals surface area contributed by atoms with Gasteiger partial charge < -0.3 is 14.8 Å². The van der Waals surface area contributed by atoms with Crippen LogP contribution >= 0.6 is 11.6 Å². The lowest BCUT2D eigenvalue weighted by atomic mass is 9.97. The highest BCUT2D eigenvalue weighted by Crippen LogP contribution is 2.38. The third-order valence-corrected chi connectivity index (χ3v) is 6.81. The Morgan fingerprint density at radius 1 is 1.10 bits per heavy atom. The van der Waals surface area contributed by atoms with Crippen molar-refractivity contribution >= 4 is 39.8 Å². The third-order valence-electron chi connectivity index (χ3n) is 6.58. The first-order chi connectivity index (χ1) is 14.6. The van der Waals surface area contributed by atoms with Gasteiger partial charge in [0.15, 0.2) is 0 Å². The second kappa shape index (κ2) is 7.97. The van der Waals surface area contributed by atoms with E-state index in [4.69, 9.17) is 11.6 Å². The minimum absolute atomic E-state index is 0.138. The minimum atomic E-state index is 0.138. The highest BCUT2D eigenvalue weighted by Gasteiger charge is 2.31. The zero-order chi connectivity index (χ0) is 20.7. The number of nitrogens with one attached hydrogen (secondary N) is 1. The fraction of sp³-hybridized carbons (Fsp3) is 0.375. The van der Waals surface area contributed by atoms with Gasteiger partial charge in [-0.15, -0.1) is 0 Å². The second-order valence-corrected chi connectivity index (χ2v) is 8.80. The van der Waals surface area contributed by atoms with Crippen molar-refractivity contribution in [1.82, 2.24) is 9.88 Å². The number of aromatic amines is 1. The molecule has 156 valence electrons. The number of nitrogens with zero attached hydrogens (tertiary/aromatic N) is 3. The molecular formula is C24H27ClN4O. The first-order valence-electron chi connectivity index (χ1n) is 10.7. The summed E-state index contributed by atoms with van der Waals surface area (Å²) in [6.07, 6.45) is 3.19. The normalized spacial score (nSPS) is 19.5. The number of aromatic nitrogens is 1. The van der Waals surface area contributed by atoms with Gasteiger partial charge in [0.1, 0.15) is 0 Å². The highest BCUT2D eigenvalue weighted by atomic mass is 35.5. The van der Waals surface area contributed by atoms with Crippen molar-refractivity contribution < 1.29 is 4.79 Å². The molecule has 2 aromatic carbocycles. The molecule has 1 unspecified atom stereocenters. The number of fused-ring (bicyclic) bond motifs is 2. The number of hydrogen-bond donors (Lipinski definition) is 1. The fourth-order valence-corrected chi connectivity index (χ4v) is 5.11. The summed E-state index contributed by atoms with van der Waals surface area (Å²) in [7, 11) is 0. The number of benzene rings is 2. The highest BCUT2D eigenvalue weighted by molar-refractivity contribution is 6.31. The molecule has 0 spiro atoms. The summed E-state index contributed by atoms with van der Waals surface area (Å²) in [6, 6.07) is 14.4. The molecule has 2 aliphatic heterocycles. The number of carbonyl (C=O) groups excluding carboxylic acids is 1. The average molecular weight is 423 g/mol. The minimum Gasteiger partial charge on any atom is -0.367 e. The first kappa shape index (κ1) is 19.5. The van der Waals surface area contributed by atoms with Crippen LogP contribution in [0.3, 0.4) is 0 Å². The lowest BCUT2D eigenvalue weighted by Gasteiger charge is -2.36. The van der Waals surface area contributed by atoms with Crippen molar-refractivity contribution in [3.05, 3.63) is 59.2 Å². The lowest BCUT2D eigenvalue weighted by molar-refractivity contribution is -0.116. The number of anilines is 2. The Morgan fingerprint density at radius 3 is 2.70 bits per heavy atom. The Hall–Kier alpha value is -2.50. The Bertz CT molecular complexity index is 1070. The van der Waals surface area contributed by atoms with E-state index in [9.17, 15) is 4.79 Å². The maximum absolute atomic E-state index is 12.0. The summed E-state index contributed by atoms with van der Waals surface area (Å²) >= 11 is 6.12. The molecule has 3 heterocycles. The molecule has 1 amide bonds. The number of piperazine rings is 1. The third kappa shape index (κ3) is 3.57. The maximum atomic E-state index is 12.0. The van der Waals surface area contributed by atoms with E-state index in [-0.39, 0.29) is 5.91 Å². The molecule has 1 N–H and O–H groups in total. The van der Waals surface area contributed by atoms with Crippen LogP contribution in [0.4, 0.5) is 11.4 Å². The molecule has 1 fully saturated rings. The summed E-state index contributed by atoms with van der Waals surface area (Å²) in [5.41, 5.74) is 4.78. The van der Waals surface area contributed by atoms with Crippen molar-refractivity contribution in [1.29, 1.82) is 0 Å². The molecule has 0 radical (unpaired) electrons. The summed E-state index contributed by atoms with van der Waals surface area (Å²) in [5.74, 6) is 0.570. The van der Waals surface area contributed by atoms with Crippen molar-refractivity contribution in [2.45, 2.75) is 19.3 Å². The van der Waals surface area contributed by atoms with Gasteiger partial charge in [-0.1, -0.05) is 29.8 Å². The predicted octanol–water partition coefficient (Wildman–Crippen LogP) is 4.48. The Kier molecular flexibility index (Phi) is 5.17. The number of rotatable bonds is 4. The van der Waals surface area contributed by atoms with Gasteiger partial charge in [-0.2, -0.15) is 0 Å². The molecule has 1 atom stereocenters. The van der Waals surface area contributed by atoms with Crippen LogP contribution in [0, 0.1) is 0 Å². The van der Waals surface area contributed by atoms with Crippen LogP contribution in [-0.2, 0) is 4.79 Å². The molecule has 3 aromatic rings. The van der Waals surface area contributed by atoms with E-state index in [1.165, 1.54) is 16.6 Å². The zero-order valence-electron chi connectivity index (χ0n) is 17.3. The number of carbonyl (C=O) groups is 1. The Morgan fingerprint density at radius 2 is 1.90 bits per heavy atom. The summed E-state index contributed by atoms with van der Waals surface area (Å²) < 4.78 is 0. The second-order valence-electron chi connectivity index (χ2n) is 8.37. The maximum Gasteiger partial charge on any atom is 0.223 e. The van der Waals surface area contributed by atoms with Crippen molar-refractivity contribution in [3.63, 3.8) is 0 Å². The van der Waals surface area contributed by atoms with Crippen LogP contribution in [0.1, 0.15) is 24.8 Å². The number of hydrogen-bond acceptors (Lipinski definition) is 3. The predicted molar refractivity (Wildman–Crippen MR) is 124 cm³/mol. The lowest BCUT2D eigenvalue weighted by Crippen LogP contribution is -2.46. The van der Waals surface area contributed by atoms with E-state index >= 15 is 0 Å². The SMILES string of the molecule is CC(=O)N1CC(CCN2CCN(c3c[nH]c4cc(Cl)ccc34)CC2)c2ccccc21. The standard InChI is InChI=1S/C24H27ClN4O/c1-17(30)29-16-18(20-4-2-3-5-23(20)29)8-9-27-10-12-28(13-11-27)24-15-26-22-14-19(25)6-7-21(22)24/h2-7,14-15,18,26H,8-13,16H2,1H3. The molecule has 1 aromatic heterocycles. The van der Waals surface area contributed by atoms with E-state index in [2.05, 4.69) is 45.2 Å². The van der Waals surface area contributed by atoms with Gasteiger partial charge in [-0.25, -0.2) is 0 Å². The molecule has 5 nitrogen and oxygen atoms in total. The quantitative estimate of drug-likeness (QED) is 0.673. The van der Waals surface area contributed by atoms with Gasteiger partial charge in [0.05, 0.1) is 5.69 Å². The van der Waals surface area contributed by atoms with E-state index in [1.54, 1.807) is 6.92 Å². The molecule has 0 bridgehead atoms. The number of amides is 1. The van der Waals surface area contributed by atoms with E-state index in [0.29, 0.717) is 5.92 Å². The van der Waals surface area contributed by atoms with Crippen LogP contribution in [0.25, 0.3) is 10.9 Å². The number of para-hydroxylation sites is 1. The van der Waals surface area contributed by atoms with E-state index < -0.39 is 0 Å². The van der Waals surface area contributed by atoms with Crippen LogP contribution < -0.4 is 9.80 Å². The van der Waals surface area contributed by atoms with Gasteiger partial charge in [-0.05, 0) is 42.8 Å². The molecule has 2 aliphatic rings. The zero-order valence-corrected chi connectivity index (χ0v) is 18.0. The van der Waals surface area contributed by atoms with Crippen molar-refractivity contribution in [2.24, 2.45) is 0 Å². The molecule has 6 heteroatoms. The summed E-state index contributed by atoms with van der Waals surface area (Å²) in [5, 5.41) is 2.00. The topological polar surface area (TPSA) is 42.6 Å². The van der Waals surface area contributed by atoms with E-state index in [0.717, 1.165) is 61.9 Å². The molecular weight excluding hydrogens is 396 g/mol. The van der Waals surface area contributed by atoms with Gasteiger partial charge in [0, 0.05) is 73.4 Å². The first-order valence-corrected chi connectivity index (χ1v) is 11.1. The number of H-pyrrole nitrogens is 1. The summed E-state index contributed by atoms with van der Waals surface area (Å²) in [4.78, 5) is 22.3. The summed E-state index contributed by atoms with van der Waals surface area (Å²) in [6.45, 7) is 7.72. The van der Waals surface area contributed by atoms with Crippen LogP contribution in [0.2, 0.25) is 5.02 Å². The Labute approximate surface area is 182 Å².